The van der Waals surface area contributed by atoms with E-state index in [-0.39, 0.29) is 0 Å². The van der Waals surface area contributed by atoms with E-state index in [1.54, 1.807) is 12.3 Å². The van der Waals surface area contributed by atoms with Crippen LogP contribution in [0.15, 0.2) is 34.9 Å². The summed E-state index contributed by atoms with van der Waals surface area (Å²) in [6.45, 7) is 1.88. The normalized spacial score (nSPS) is 9.89. The number of hydrogen-bond donors (Lipinski definition) is 1. The first kappa shape index (κ1) is 12.9. The van der Waals surface area contributed by atoms with E-state index >= 15 is 0 Å². The van der Waals surface area contributed by atoms with Crippen LogP contribution >= 0.6 is 27.5 Å². The molecule has 0 fully saturated rings. The van der Waals surface area contributed by atoms with Crippen molar-refractivity contribution in [3.63, 3.8) is 0 Å². The molecule has 5 heteroatoms. The molecular formula is C13H9BrClN3. The van der Waals surface area contributed by atoms with Gasteiger partial charge in [-0.2, -0.15) is 5.26 Å². The van der Waals surface area contributed by atoms with Crippen LogP contribution in [0.3, 0.4) is 0 Å². The summed E-state index contributed by atoms with van der Waals surface area (Å²) in [6, 6.07) is 9.40. The SMILES string of the molecule is Cc1ccnc(Nc2ccc(Cl)c(Br)c2)c1C#N. The van der Waals surface area contributed by atoms with Gasteiger partial charge in [0.25, 0.3) is 0 Å². The summed E-state index contributed by atoms with van der Waals surface area (Å²) in [5.74, 6) is 0.548. The van der Waals surface area contributed by atoms with Crippen LogP contribution in [0.5, 0.6) is 0 Å². The van der Waals surface area contributed by atoms with E-state index in [0.717, 1.165) is 15.7 Å². The van der Waals surface area contributed by atoms with Gasteiger partial charge in [-0.15, -0.1) is 0 Å². The van der Waals surface area contributed by atoms with Gasteiger partial charge >= 0.3 is 0 Å². The van der Waals surface area contributed by atoms with Crippen molar-refractivity contribution in [3.8, 4) is 6.07 Å². The Morgan fingerprint density at radius 1 is 1.39 bits per heavy atom. The van der Waals surface area contributed by atoms with Gasteiger partial charge in [-0.1, -0.05) is 11.6 Å². The van der Waals surface area contributed by atoms with E-state index in [4.69, 9.17) is 16.9 Å². The third-order valence-corrected chi connectivity index (χ3v) is 3.67. The quantitative estimate of drug-likeness (QED) is 0.890. The molecule has 0 spiro atoms. The van der Waals surface area contributed by atoms with Gasteiger partial charge in [-0.3, -0.25) is 0 Å². The Labute approximate surface area is 119 Å². The highest BCUT2D eigenvalue weighted by molar-refractivity contribution is 9.10. The first-order valence-electron chi connectivity index (χ1n) is 5.19. The first-order chi connectivity index (χ1) is 8.61. The minimum absolute atomic E-state index is 0.545. The van der Waals surface area contributed by atoms with Crippen molar-refractivity contribution in [2.75, 3.05) is 5.32 Å². The highest BCUT2D eigenvalue weighted by atomic mass is 79.9. The lowest BCUT2D eigenvalue weighted by atomic mass is 10.1. The number of pyridine rings is 1. The number of benzene rings is 1. The molecule has 2 rings (SSSR count). The molecule has 1 N–H and O–H groups in total. The lowest BCUT2D eigenvalue weighted by Crippen LogP contribution is -1.98. The van der Waals surface area contributed by atoms with Crippen LogP contribution in [0, 0.1) is 18.3 Å². The van der Waals surface area contributed by atoms with Gasteiger partial charge in [0.2, 0.25) is 0 Å². The maximum atomic E-state index is 9.12. The molecule has 0 saturated heterocycles. The number of nitrogens with zero attached hydrogens (tertiary/aromatic N) is 2. The molecule has 0 aliphatic carbocycles. The van der Waals surface area contributed by atoms with Crippen molar-refractivity contribution in [2.45, 2.75) is 6.92 Å². The monoisotopic (exact) mass is 321 g/mol. The molecule has 0 saturated carbocycles. The van der Waals surface area contributed by atoms with Crippen LogP contribution in [0.2, 0.25) is 5.02 Å². The molecule has 0 unspecified atom stereocenters. The van der Waals surface area contributed by atoms with Crippen molar-refractivity contribution in [1.29, 1.82) is 5.26 Å². The van der Waals surface area contributed by atoms with E-state index in [1.807, 2.05) is 25.1 Å². The number of nitriles is 1. The van der Waals surface area contributed by atoms with E-state index < -0.39 is 0 Å². The van der Waals surface area contributed by atoms with Crippen molar-refractivity contribution in [1.82, 2.24) is 4.98 Å². The molecule has 3 nitrogen and oxygen atoms in total. The van der Waals surface area contributed by atoms with Crippen molar-refractivity contribution in [3.05, 3.63) is 51.1 Å². The van der Waals surface area contributed by atoms with Crippen LogP contribution in [0.1, 0.15) is 11.1 Å². The smallest absolute Gasteiger partial charge is 0.148 e. The predicted molar refractivity (Wildman–Crippen MR) is 76.1 cm³/mol. The largest absolute Gasteiger partial charge is 0.339 e. The summed E-state index contributed by atoms with van der Waals surface area (Å²) in [5.41, 5.74) is 2.26. The Bertz CT molecular complexity index is 635. The Morgan fingerprint density at radius 2 is 2.17 bits per heavy atom. The highest BCUT2D eigenvalue weighted by Crippen LogP contribution is 2.28. The molecule has 90 valence electrons. The van der Waals surface area contributed by atoms with Gasteiger partial charge < -0.3 is 5.32 Å². The summed E-state index contributed by atoms with van der Waals surface area (Å²) >= 11 is 9.28. The first-order valence-corrected chi connectivity index (χ1v) is 6.36. The molecule has 18 heavy (non-hydrogen) atoms. The van der Waals surface area contributed by atoms with E-state index in [9.17, 15) is 0 Å². The zero-order valence-corrected chi connectivity index (χ0v) is 11.9. The molecule has 0 atom stereocenters. The summed E-state index contributed by atoms with van der Waals surface area (Å²) in [7, 11) is 0. The van der Waals surface area contributed by atoms with E-state index in [2.05, 4.69) is 32.3 Å². The lowest BCUT2D eigenvalue weighted by molar-refractivity contribution is 1.24. The van der Waals surface area contributed by atoms with E-state index in [1.165, 1.54) is 0 Å². The molecule has 1 aromatic carbocycles. The Kier molecular flexibility index (Phi) is 3.85. The zero-order valence-electron chi connectivity index (χ0n) is 9.54. The number of anilines is 2. The summed E-state index contributed by atoms with van der Waals surface area (Å²) < 4.78 is 0.792. The number of aryl methyl sites for hydroxylation is 1. The van der Waals surface area contributed by atoms with Crippen LogP contribution in [0.4, 0.5) is 11.5 Å². The molecule has 0 amide bonds. The highest BCUT2D eigenvalue weighted by Gasteiger charge is 2.07. The number of hydrogen-bond acceptors (Lipinski definition) is 3. The average Bonchev–Trinajstić information content (AvgIpc) is 2.34. The van der Waals surface area contributed by atoms with Gasteiger partial charge in [0.05, 0.1) is 10.6 Å². The topological polar surface area (TPSA) is 48.7 Å². The summed E-state index contributed by atoms with van der Waals surface area (Å²) in [6.07, 6.45) is 1.67. The molecule has 1 aromatic heterocycles. The zero-order chi connectivity index (χ0) is 13.1. The van der Waals surface area contributed by atoms with Crippen molar-refractivity contribution >= 4 is 39.0 Å². The maximum absolute atomic E-state index is 9.12. The number of nitrogens with one attached hydrogen (secondary N) is 1. The molecule has 0 aliphatic rings. The van der Waals surface area contributed by atoms with Gasteiger partial charge in [0.15, 0.2) is 0 Å². The molecule has 0 radical (unpaired) electrons. The molecule has 2 aromatic rings. The molecular weight excluding hydrogens is 314 g/mol. The number of aromatic nitrogens is 1. The maximum Gasteiger partial charge on any atom is 0.148 e. The average molecular weight is 323 g/mol. The standard InChI is InChI=1S/C13H9BrClN3/c1-8-4-5-17-13(10(8)7-16)18-9-2-3-12(15)11(14)6-9/h2-6H,1H3,(H,17,18). The van der Waals surface area contributed by atoms with Gasteiger partial charge in [0, 0.05) is 16.4 Å². The van der Waals surface area contributed by atoms with Crippen molar-refractivity contribution in [2.24, 2.45) is 0 Å². The fraction of sp³-hybridized carbons (Fsp3) is 0.0769. The summed E-state index contributed by atoms with van der Waals surface area (Å²) in [5, 5.41) is 12.9. The van der Waals surface area contributed by atoms with Crippen LogP contribution in [-0.4, -0.2) is 4.98 Å². The lowest BCUT2D eigenvalue weighted by Gasteiger charge is -2.09. The fourth-order valence-electron chi connectivity index (χ4n) is 1.50. The summed E-state index contributed by atoms with van der Waals surface area (Å²) in [4.78, 5) is 4.18. The second-order valence-electron chi connectivity index (χ2n) is 3.72. The van der Waals surface area contributed by atoms with Crippen LogP contribution < -0.4 is 5.32 Å². The van der Waals surface area contributed by atoms with Gasteiger partial charge in [-0.05, 0) is 52.7 Å². The Balaban J connectivity index is 2.37. The minimum atomic E-state index is 0.545. The third kappa shape index (κ3) is 2.63. The second kappa shape index (κ2) is 5.38. The Hall–Kier alpha value is -1.57. The van der Waals surface area contributed by atoms with Crippen LogP contribution in [0.25, 0.3) is 0 Å². The molecule has 0 aliphatic heterocycles. The number of rotatable bonds is 2. The molecule has 0 bridgehead atoms. The van der Waals surface area contributed by atoms with E-state index in [0.29, 0.717) is 16.4 Å². The minimum Gasteiger partial charge on any atom is -0.339 e. The van der Waals surface area contributed by atoms with Crippen LogP contribution in [-0.2, 0) is 0 Å². The van der Waals surface area contributed by atoms with Gasteiger partial charge in [-0.25, -0.2) is 4.98 Å². The van der Waals surface area contributed by atoms with Crippen molar-refractivity contribution < 1.29 is 0 Å². The number of halogens is 2. The predicted octanol–water partition coefficient (Wildman–Crippen LogP) is 4.42. The van der Waals surface area contributed by atoms with Gasteiger partial charge in [0.1, 0.15) is 11.9 Å². The Morgan fingerprint density at radius 3 is 2.83 bits per heavy atom. The molecule has 1 heterocycles. The second-order valence-corrected chi connectivity index (χ2v) is 4.98. The fourth-order valence-corrected chi connectivity index (χ4v) is 2.00. The third-order valence-electron chi connectivity index (χ3n) is 2.45.